The van der Waals surface area contributed by atoms with Gasteiger partial charge >= 0.3 is 17.5 Å². The summed E-state index contributed by atoms with van der Waals surface area (Å²) in [6.45, 7) is 0. The van der Waals surface area contributed by atoms with Crippen molar-refractivity contribution in [3.8, 4) is 11.1 Å². The zero-order valence-electron chi connectivity index (χ0n) is 12.3. The van der Waals surface area contributed by atoms with Gasteiger partial charge in [-0.1, -0.05) is 36.4 Å². The molecule has 2 aromatic carbocycles. The number of hydrogen-bond acceptors (Lipinski definition) is 2. The summed E-state index contributed by atoms with van der Waals surface area (Å²) < 4.78 is 37.5. The van der Waals surface area contributed by atoms with E-state index in [0.29, 0.717) is 0 Å². The molecule has 0 spiro atoms. The minimum Gasteiger partial charge on any atom is -0.542 e. The Hall–Kier alpha value is -2.89. The van der Waals surface area contributed by atoms with Gasteiger partial charge < -0.3 is 9.90 Å². The van der Waals surface area contributed by atoms with Crippen molar-refractivity contribution in [2.75, 3.05) is 0 Å². The van der Waals surface area contributed by atoms with Crippen molar-refractivity contribution in [3.05, 3.63) is 65.9 Å². The molecule has 122 valence electrons. The fourth-order valence-electron chi connectivity index (χ4n) is 2.59. The SMILES string of the molecule is O=C([O-])C(F)(F)F.c1ccc2c(c1)Cc1[o+]c3ccccc3cc1-2. The lowest BCUT2D eigenvalue weighted by atomic mass is 10.1. The van der Waals surface area contributed by atoms with Gasteiger partial charge in [0.05, 0.1) is 17.4 Å². The number of alkyl halides is 3. The van der Waals surface area contributed by atoms with Crippen LogP contribution in [0.15, 0.2) is 59.0 Å². The van der Waals surface area contributed by atoms with Crippen molar-refractivity contribution < 1.29 is 27.5 Å². The van der Waals surface area contributed by atoms with Gasteiger partial charge in [-0.15, -0.1) is 0 Å². The van der Waals surface area contributed by atoms with Crippen LogP contribution >= 0.6 is 0 Å². The molecule has 0 unspecified atom stereocenters. The quantitative estimate of drug-likeness (QED) is 0.463. The van der Waals surface area contributed by atoms with E-state index >= 15 is 0 Å². The molecule has 1 aliphatic carbocycles. The lowest BCUT2D eigenvalue weighted by molar-refractivity contribution is -0.344. The third kappa shape index (κ3) is 3.08. The molecule has 3 nitrogen and oxygen atoms in total. The highest BCUT2D eigenvalue weighted by atomic mass is 19.4. The minimum absolute atomic E-state index is 0.913. The third-order valence-corrected chi connectivity index (χ3v) is 3.64. The zero-order valence-corrected chi connectivity index (χ0v) is 12.3. The Bertz CT molecular complexity index is 917. The molecular formula is C18H11F3O3. The molecular weight excluding hydrogens is 321 g/mol. The molecule has 0 saturated carbocycles. The third-order valence-electron chi connectivity index (χ3n) is 3.64. The number of hydrogen-bond donors (Lipinski definition) is 0. The Labute approximate surface area is 135 Å². The van der Waals surface area contributed by atoms with E-state index in [9.17, 15) is 13.2 Å². The lowest BCUT2D eigenvalue weighted by Crippen LogP contribution is -2.37. The summed E-state index contributed by atoms with van der Waals surface area (Å²) in [6, 6.07) is 18.9. The highest BCUT2D eigenvalue weighted by molar-refractivity contribution is 5.85. The second-order valence-corrected chi connectivity index (χ2v) is 5.24. The second kappa shape index (κ2) is 5.96. The number of benzene rings is 2. The molecule has 6 heteroatoms. The highest BCUT2D eigenvalue weighted by Crippen LogP contribution is 2.38. The van der Waals surface area contributed by atoms with E-state index in [4.69, 9.17) is 14.3 Å². The second-order valence-electron chi connectivity index (χ2n) is 5.24. The van der Waals surface area contributed by atoms with Crippen LogP contribution in [-0.4, -0.2) is 12.1 Å². The number of carboxylic acids is 1. The van der Waals surface area contributed by atoms with Crippen molar-refractivity contribution in [2.24, 2.45) is 0 Å². The predicted octanol–water partition coefficient (Wildman–Crippen LogP) is 3.58. The molecule has 0 saturated heterocycles. The number of carbonyl (C=O) groups is 1. The summed E-state index contributed by atoms with van der Waals surface area (Å²) in [5.41, 5.74) is 4.90. The van der Waals surface area contributed by atoms with Crippen LogP contribution in [-0.2, 0) is 11.2 Å². The predicted molar refractivity (Wildman–Crippen MR) is 79.9 cm³/mol. The number of carboxylic acid groups (broad SMARTS) is 1. The van der Waals surface area contributed by atoms with E-state index in [1.807, 2.05) is 18.2 Å². The lowest BCUT2D eigenvalue weighted by Gasteiger charge is -2.03. The van der Waals surface area contributed by atoms with Gasteiger partial charge in [0.15, 0.2) is 0 Å². The molecule has 0 N–H and O–H groups in total. The van der Waals surface area contributed by atoms with Crippen molar-refractivity contribution in [1.29, 1.82) is 0 Å². The van der Waals surface area contributed by atoms with Crippen molar-refractivity contribution in [1.82, 2.24) is 0 Å². The molecule has 3 aromatic rings. The van der Waals surface area contributed by atoms with Crippen LogP contribution in [0.4, 0.5) is 13.2 Å². The fourth-order valence-corrected chi connectivity index (χ4v) is 2.59. The van der Waals surface area contributed by atoms with E-state index in [1.165, 1.54) is 22.1 Å². The number of fused-ring (bicyclic) bond motifs is 4. The van der Waals surface area contributed by atoms with Gasteiger partial charge in [0.1, 0.15) is 5.97 Å². The number of aliphatic carboxylic acids is 1. The topological polar surface area (TPSA) is 51.4 Å². The summed E-state index contributed by atoms with van der Waals surface area (Å²) in [6.07, 6.45) is -4.28. The van der Waals surface area contributed by atoms with E-state index in [-0.39, 0.29) is 0 Å². The molecule has 0 atom stereocenters. The van der Waals surface area contributed by atoms with Crippen molar-refractivity contribution in [2.45, 2.75) is 12.6 Å². The highest BCUT2D eigenvalue weighted by Gasteiger charge is 2.29. The molecule has 0 bridgehead atoms. The van der Waals surface area contributed by atoms with Crippen LogP contribution in [0, 0.1) is 0 Å². The number of para-hydroxylation sites is 1. The Morgan fingerprint density at radius 1 is 1.00 bits per heavy atom. The van der Waals surface area contributed by atoms with Crippen molar-refractivity contribution in [3.63, 3.8) is 0 Å². The van der Waals surface area contributed by atoms with Gasteiger partial charge in [-0.2, -0.15) is 13.2 Å². The molecule has 1 aliphatic rings. The molecule has 0 radical (unpaired) electrons. The van der Waals surface area contributed by atoms with Crippen LogP contribution < -0.4 is 5.11 Å². The maximum atomic E-state index is 10.5. The fraction of sp³-hybridized carbons (Fsp3) is 0.111. The first-order chi connectivity index (χ1) is 11.4. The molecule has 4 rings (SSSR count). The zero-order chi connectivity index (χ0) is 17.3. The largest absolute Gasteiger partial charge is 0.542 e. The molecule has 24 heavy (non-hydrogen) atoms. The maximum Gasteiger partial charge on any atom is 0.430 e. The normalized spacial score (nSPS) is 12.1. The summed E-state index contributed by atoms with van der Waals surface area (Å²) in [5, 5.41) is 9.95. The molecule has 0 aliphatic heterocycles. The van der Waals surface area contributed by atoms with Gasteiger partial charge in [0, 0.05) is 6.07 Å². The van der Waals surface area contributed by atoms with Crippen LogP contribution in [0.5, 0.6) is 0 Å². The standard InChI is InChI=1S/C16H11O.C2HF3O2/c1-3-7-13-11(5-1)10-16-14(13)9-12-6-2-4-8-15(12)17-16;3-2(4,5)1(6)7/h1-9H,10H2;(H,6,7)/q+1;/p-1. The summed E-state index contributed by atoms with van der Waals surface area (Å²) in [7, 11) is 0. The Balaban J connectivity index is 0.000000209. The van der Waals surface area contributed by atoms with Gasteiger partial charge in [-0.25, -0.2) is 4.42 Å². The number of rotatable bonds is 0. The Kier molecular flexibility index (Phi) is 3.97. The van der Waals surface area contributed by atoms with Gasteiger partial charge in [-0.3, -0.25) is 0 Å². The van der Waals surface area contributed by atoms with E-state index in [2.05, 4.69) is 36.4 Å². The molecule has 0 amide bonds. The Morgan fingerprint density at radius 2 is 1.62 bits per heavy atom. The van der Waals surface area contributed by atoms with Crippen LogP contribution in [0.25, 0.3) is 22.1 Å². The van der Waals surface area contributed by atoms with Crippen molar-refractivity contribution >= 4 is 16.9 Å². The van der Waals surface area contributed by atoms with Crippen LogP contribution in [0.3, 0.4) is 0 Å². The monoisotopic (exact) mass is 332 g/mol. The molecule has 1 heterocycles. The summed E-state index contributed by atoms with van der Waals surface area (Å²) in [5.74, 6) is -1.92. The first kappa shape index (κ1) is 16.0. The van der Waals surface area contributed by atoms with Gasteiger partial charge in [0.2, 0.25) is 0 Å². The molecule has 0 fully saturated rings. The van der Waals surface area contributed by atoms with E-state index < -0.39 is 12.1 Å². The maximum absolute atomic E-state index is 10.5. The number of carbonyl (C=O) groups excluding carboxylic acids is 1. The summed E-state index contributed by atoms with van der Waals surface area (Å²) >= 11 is 0. The molecule has 1 aromatic heterocycles. The van der Waals surface area contributed by atoms with E-state index in [1.54, 1.807) is 0 Å². The van der Waals surface area contributed by atoms with Crippen LogP contribution in [0.1, 0.15) is 11.3 Å². The van der Waals surface area contributed by atoms with E-state index in [0.717, 1.165) is 17.8 Å². The van der Waals surface area contributed by atoms with Gasteiger partial charge in [-0.05, 0) is 23.3 Å². The average molecular weight is 332 g/mol. The number of halogens is 3. The van der Waals surface area contributed by atoms with Crippen LogP contribution in [0.2, 0.25) is 0 Å². The minimum atomic E-state index is -5.19. The summed E-state index contributed by atoms with van der Waals surface area (Å²) in [4.78, 5) is 8.78. The Morgan fingerprint density at radius 3 is 2.33 bits per heavy atom. The first-order valence-electron chi connectivity index (χ1n) is 7.07. The average Bonchev–Trinajstić information content (AvgIpc) is 2.90. The smallest absolute Gasteiger partial charge is 0.430 e. The first-order valence-corrected chi connectivity index (χ1v) is 7.07. The van der Waals surface area contributed by atoms with Gasteiger partial charge in [0.25, 0.3) is 0 Å².